The van der Waals surface area contributed by atoms with E-state index in [2.05, 4.69) is 15.7 Å². The van der Waals surface area contributed by atoms with E-state index in [0.29, 0.717) is 12.5 Å². The molecule has 0 radical (unpaired) electrons. The Bertz CT molecular complexity index is 348. The number of hydrogen-bond donors (Lipinski definition) is 3. The van der Waals surface area contributed by atoms with E-state index >= 15 is 0 Å². The highest BCUT2D eigenvalue weighted by Crippen LogP contribution is 2.12. The first-order valence-corrected chi connectivity index (χ1v) is 5.20. The second-order valence-electron chi connectivity index (χ2n) is 3.38. The number of nitrogens with one attached hydrogen (secondary N) is 2. The van der Waals surface area contributed by atoms with Crippen molar-refractivity contribution in [3.8, 4) is 0 Å². The van der Waals surface area contributed by atoms with Crippen LogP contribution in [0.25, 0.3) is 0 Å². The normalized spacial score (nSPS) is 13.4. The first-order valence-electron chi connectivity index (χ1n) is 5.20. The molecule has 1 unspecified atom stereocenters. The Morgan fingerprint density at radius 2 is 2.06 bits per heavy atom. The summed E-state index contributed by atoms with van der Waals surface area (Å²) in [7, 11) is 0. The minimum atomic E-state index is -0.240. The summed E-state index contributed by atoms with van der Waals surface area (Å²) in [5, 5.41) is 3.09. The Labute approximate surface area is 94.7 Å². The highest BCUT2D eigenvalue weighted by atomic mass is 19.1. The number of halogens is 1. The van der Waals surface area contributed by atoms with Gasteiger partial charge in [0.25, 0.3) is 0 Å². The number of guanidine groups is 1. The number of hydrazine groups is 1. The smallest absolute Gasteiger partial charge is 0.206 e. The zero-order valence-electron chi connectivity index (χ0n) is 9.50. The predicted molar refractivity (Wildman–Crippen MR) is 63.2 cm³/mol. The molecule has 1 atom stereocenters. The summed E-state index contributed by atoms with van der Waals surface area (Å²) < 4.78 is 12.7. The fraction of sp³-hybridized carbons (Fsp3) is 0.364. The molecule has 0 aliphatic carbocycles. The first kappa shape index (κ1) is 12.4. The maximum absolute atomic E-state index is 12.7. The van der Waals surface area contributed by atoms with E-state index in [-0.39, 0.29) is 11.9 Å². The van der Waals surface area contributed by atoms with Gasteiger partial charge in [-0.25, -0.2) is 10.2 Å². The van der Waals surface area contributed by atoms with Gasteiger partial charge < -0.3 is 5.32 Å². The lowest BCUT2D eigenvalue weighted by atomic mass is 10.1. The molecule has 0 aliphatic rings. The van der Waals surface area contributed by atoms with Crippen LogP contribution < -0.4 is 16.6 Å². The number of benzene rings is 1. The molecule has 0 bridgehead atoms. The van der Waals surface area contributed by atoms with E-state index in [4.69, 9.17) is 5.84 Å². The average Bonchev–Trinajstić information content (AvgIpc) is 2.29. The molecule has 16 heavy (non-hydrogen) atoms. The molecule has 0 heterocycles. The molecule has 1 rings (SSSR count). The lowest BCUT2D eigenvalue weighted by Gasteiger charge is -2.16. The van der Waals surface area contributed by atoms with Crippen LogP contribution in [0.15, 0.2) is 29.3 Å². The third-order valence-electron chi connectivity index (χ3n) is 2.18. The minimum absolute atomic E-state index is 0.0157. The average molecular weight is 224 g/mol. The van der Waals surface area contributed by atoms with Crippen molar-refractivity contribution in [2.45, 2.75) is 19.9 Å². The van der Waals surface area contributed by atoms with Crippen LogP contribution in [0.4, 0.5) is 4.39 Å². The molecule has 88 valence electrons. The van der Waals surface area contributed by atoms with Gasteiger partial charge in [0.15, 0.2) is 0 Å². The van der Waals surface area contributed by atoms with Gasteiger partial charge in [0, 0.05) is 6.54 Å². The van der Waals surface area contributed by atoms with Crippen LogP contribution in [0.3, 0.4) is 0 Å². The number of nitrogens with zero attached hydrogens (tertiary/aromatic N) is 1. The van der Waals surface area contributed by atoms with Gasteiger partial charge in [0.1, 0.15) is 5.82 Å². The molecular formula is C11H17FN4. The summed E-state index contributed by atoms with van der Waals surface area (Å²) in [6, 6.07) is 6.34. The number of nitrogens with two attached hydrogens (primary N) is 1. The van der Waals surface area contributed by atoms with E-state index in [1.165, 1.54) is 12.1 Å². The van der Waals surface area contributed by atoms with E-state index < -0.39 is 0 Å². The van der Waals surface area contributed by atoms with Crippen molar-refractivity contribution in [3.05, 3.63) is 35.6 Å². The quantitative estimate of drug-likeness (QED) is 0.314. The predicted octanol–water partition coefficient (Wildman–Crippen LogP) is 1.32. The second kappa shape index (κ2) is 6.07. The van der Waals surface area contributed by atoms with E-state index in [1.807, 2.05) is 13.8 Å². The molecule has 5 heteroatoms. The maximum Gasteiger partial charge on any atom is 0.206 e. The van der Waals surface area contributed by atoms with Crippen LogP contribution >= 0.6 is 0 Å². The lowest BCUT2D eigenvalue weighted by Crippen LogP contribution is -2.42. The van der Waals surface area contributed by atoms with Crippen molar-refractivity contribution in [2.75, 3.05) is 6.54 Å². The Morgan fingerprint density at radius 1 is 1.44 bits per heavy atom. The van der Waals surface area contributed by atoms with Gasteiger partial charge in [-0.15, -0.1) is 0 Å². The summed E-state index contributed by atoms with van der Waals surface area (Å²) >= 11 is 0. The molecular weight excluding hydrogens is 207 g/mol. The van der Waals surface area contributed by atoms with Gasteiger partial charge in [0.2, 0.25) is 5.96 Å². The van der Waals surface area contributed by atoms with Crippen molar-refractivity contribution < 1.29 is 4.39 Å². The van der Waals surface area contributed by atoms with Crippen LogP contribution in [-0.2, 0) is 0 Å². The van der Waals surface area contributed by atoms with Crippen LogP contribution in [0, 0.1) is 5.82 Å². The molecule has 0 saturated heterocycles. The summed E-state index contributed by atoms with van der Waals surface area (Å²) in [6.45, 7) is 4.51. The summed E-state index contributed by atoms with van der Waals surface area (Å²) in [5.41, 5.74) is 3.45. The van der Waals surface area contributed by atoms with Crippen LogP contribution in [0.1, 0.15) is 25.5 Å². The van der Waals surface area contributed by atoms with Crippen molar-refractivity contribution in [1.82, 2.24) is 10.7 Å². The van der Waals surface area contributed by atoms with Crippen LogP contribution in [0.5, 0.6) is 0 Å². The zero-order chi connectivity index (χ0) is 12.0. The maximum atomic E-state index is 12.7. The Kier molecular flexibility index (Phi) is 4.72. The third-order valence-corrected chi connectivity index (χ3v) is 2.18. The van der Waals surface area contributed by atoms with Gasteiger partial charge in [-0.2, -0.15) is 0 Å². The Balaban J connectivity index is 2.67. The van der Waals surface area contributed by atoms with Gasteiger partial charge in [-0.05, 0) is 31.5 Å². The van der Waals surface area contributed by atoms with Crippen molar-refractivity contribution >= 4 is 5.96 Å². The molecule has 0 fully saturated rings. The minimum Gasteiger partial charge on any atom is -0.349 e. The van der Waals surface area contributed by atoms with E-state index in [0.717, 1.165) is 5.56 Å². The molecule has 1 aromatic rings. The fourth-order valence-electron chi connectivity index (χ4n) is 1.33. The highest BCUT2D eigenvalue weighted by molar-refractivity contribution is 5.79. The highest BCUT2D eigenvalue weighted by Gasteiger charge is 2.06. The van der Waals surface area contributed by atoms with Crippen molar-refractivity contribution in [2.24, 2.45) is 10.8 Å². The summed E-state index contributed by atoms with van der Waals surface area (Å²) in [5.74, 6) is 5.59. The molecule has 0 aromatic heterocycles. The molecule has 0 amide bonds. The zero-order valence-corrected chi connectivity index (χ0v) is 9.50. The van der Waals surface area contributed by atoms with Crippen molar-refractivity contribution in [1.29, 1.82) is 0 Å². The van der Waals surface area contributed by atoms with Crippen LogP contribution in [-0.4, -0.2) is 12.5 Å². The third kappa shape index (κ3) is 3.51. The second-order valence-corrected chi connectivity index (χ2v) is 3.38. The molecule has 0 spiro atoms. The van der Waals surface area contributed by atoms with E-state index in [9.17, 15) is 4.39 Å². The summed E-state index contributed by atoms with van der Waals surface area (Å²) in [4.78, 5) is 4.12. The van der Waals surface area contributed by atoms with Gasteiger partial charge in [-0.1, -0.05) is 12.1 Å². The molecule has 0 saturated carbocycles. The van der Waals surface area contributed by atoms with Crippen LogP contribution in [0.2, 0.25) is 0 Å². The van der Waals surface area contributed by atoms with Gasteiger partial charge in [0.05, 0.1) is 6.04 Å². The molecule has 1 aromatic carbocycles. The number of hydrogen-bond acceptors (Lipinski definition) is 2. The first-order chi connectivity index (χ1) is 7.67. The van der Waals surface area contributed by atoms with Gasteiger partial charge >= 0.3 is 0 Å². The summed E-state index contributed by atoms with van der Waals surface area (Å²) in [6.07, 6.45) is 0. The topological polar surface area (TPSA) is 62.4 Å². The SMILES string of the molecule is CCN=C(NN)NC(C)c1ccc(F)cc1. The molecule has 4 N–H and O–H groups in total. The molecule has 4 nitrogen and oxygen atoms in total. The number of rotatable bonds is 3. The largest absolute Gasteiger partial charge is 0.349 e. The molecule has 0 aliphatic heterocycles. The lowest BCUT2D eigenvalue weighted by molar-refractivity contribution is 0.623. The standard InChI is InChI=1S/C11H17FN4/c1-3-14-11(16-13)15-8(2)9-4-6-10(12)7-5-9/h4-8H,3,13H2,1-2H3,(H2,14,15,16). The van der Waals surface area contributed by atoms with Crippen molar-refractivity contribution in [3.63, 3.8) is 0 Å². The fourth-order valence-corrected chi connectivity index (χ4v) is 1.33. The Morgan fingerprint density at radius 3 is 2.56 bits per heavy atom. The monoisotopic (exact) mass is 224 g/mol. The Hall–Kier alpha value is -1.62. The van der Waals surface area contributed by atoms with Gasteiger partial charge in [-0.3, -0.25) is 10.4 Å². The number of aliphatic imine (C=N–C) groups is 1. The van der Waals surface area contributed by atoms with E-state index in [1.54, 1.807) is 12.1 Å².